The lowest BCUT2D eigenvalue weighted by Gasteiger charge is -2.21. The van der Waals surface area contributed by atoms with Crippen LogP contribution in [0.2, 0.25) is 0 Å². The van der Waals surface area contributed by atoms with E-state index in [0.717, 1.165) is 12.5 Å². The molecular weight excluding hydrogens is 150 g/mol. The second kappa shape index (κ2) is 4.83. The van der Waals surface area contributed by atoms with Gasteiger partial charge in [-0.2, -0.15) is 0 Å². The van der Waals surface area contributed by atoms with Crippen molar-refractivity contribution < 1.29 is 4.74 Å². The average Bonchev–Trinajstić information content (AvgIpc) is 2.55. The van der Waals surface area contributed by atoms with E-state index in [2.05, 4.69) is 19.2 Å². The Morgan fingerprint density at radius 1 is 1.50 bits per heavy atom. The van der Waals surface area contributed by atoms with Crippen molar-refractivity contribution in [3.63, 3.8) is 0 Å². The van der Waals surface area contributed by atoms with E-state index in [-0.39, 0.29) is 0 Å². The summed E-state index contributed by atoms with van der Waals surface area (Å²) >= 11 is 0. The van der Waals surface area contributed by atoms with Gasteiger partial charge in [-0.25, -0.2) is 0 Å². The van der Waals surface area contributed by atoms with E-state index >= 15 is 0 Å². The highest BCUT2D eigenvalue weighted by Gasteiger charge is 2.20. The Morgan fingerprint density at radius 2 is 2.25 bits per heavy atom. The van der Waals surface area contributed by atoms with Crippen LogP contribution in [0, 0.1) is 5.92 Å². The van der Waals surface area contributed by atoms with Crippen LogP contribution in [0.1, 0.15) is 33.1 Å². The number of nitrogens with one attached hydrogen (secondary N) is 1. The minimum atomic E-state index is 0.538. The summed E-state index contributed by atoms with van der Waals surface area (Å²) in [6.45, 7) is 5.51. The van der Waals surface area contributed by atoms with Crippen molar-refractivity contribution in [3.05, 3.63) is 0 Å². The number of ether oxygens (including phenoxy) is 1. The Morgan fingerprint density at radius 3 is 2.75 bits per heavy atom. The third-order valence-electron chi connectivity index (χ3n) is 2.97. The Hall–Kier alpha value is -0.0800. The van der Waals surface area contributed by atoms with Crippen molar-refractivity contribution in [1.29, 1.82) is 0 Å². The van der Waals surface area contributed by atoms with Gasteiger partial charge in [-0.15, -0.1) is 0 Å². The predicted octanol–water partition coefficient (Wildman–Crippen LogP) is 1.80. The minimum Gasteiger partial charge on any atom is -0.378 e. The highest BCUT2D eigenvalue weighted by molar-refractivity contribution is 4.73. The molecule has 72 valence electrons. The summed E-state index contributed by atoms with van der Waals surface area (Å²) in [5.74, 6) is 0.720. The molecule has 2 nitrogen and oxygen atoms in total. The predicted molar refractivity (Wildman–Crippen MR) is 51.3 cm³/mol. The second-order valence-electron chi connectivity index (χ2n) is 3.93. The summed E-state index contributed by atoms with van der Waals surface area (Å²) in [5.41, 5.74) is 0. The summed E-state index contributed by atoms with van der Waals surface area (Å²) in [6, 6.07) is 0.606. The smallest absolute Gasteiger partial charge is 0.0579 e. The molecule has 2 heteroatoms. The van der Waals surface area contributed by atoms with Crippen LogP contribution >= 0.6 is 0 Å². The molecule has 12 heavy (non-hydrogen) atoms. The molecule has 1 saturated heterocycles. The van der Waals surface area contributed by atoms with Gasteiger partial charge in [0.15, 0.2) is 0 Å². The molecular formula is C10H21NO. The van der Waals surface area contributed by atoms with Gasteiger partial charge in [-0.05, 0) is 39.2 Å². The lowest BCUT2D eigenvalue weighted by atomic mass is 9.95. The highest BCUT2D eigenvalue weighted by atomic mass is 16.5. The maximum Gasteiger partial charge on any atom is 0.0579 e. The monoisotopic (exact) mass is 171 g/mol. The van der Waals surface area contributed by atoms with Gasteiger partial charge in [0.25, 0.3) is 0 Å². The van der Waals surface area contributed by atoms with Crippen LogP contribution in [-0.2, 0) is 4.74 Å². The minimum absolute atomic E-state index is 0.538. The lowest BCUT2D eigenvalue weighted by molar-refractivity contribution is 0.0873. The number of hydrogen-bond acceptors (Lipinski definition) is 2. The molecule has 3 unspecified atom stereocenters. The van der Waals surface area contributed by atoms with Gasteiger partial charge in [0, 0.05) is 12.6 Å². The van der Waals surface area contributed by atoms with Gasteiger partial charge in [-0.3, -0.25) is 0 Å². The van der Waals surface area contributed by atoms with E-state index in [0.29, 0.717) is 12.1 Å². The molecule has 0 spiro atoms. The molecule has 0 amide bonds. The number of rotatable bonds is 4. The molecule has 1 aliphatic heterocycles. The third-order valence-corrected chi connectivity index (χ3v) is 2.97. The van der Waals surface area contributed by atoms with Gasteiger partial charge in [-0.1, -0.05) is 6.92 Å². The first-order chi connectivity index (χ1) is 5.74. The topological polar surface area (TPSA) is 21.3 Å². The summed E-state index contributed by atoms with van der Waals surface area (Å²) in [6.07, 6.45) is 4.27. The van der Waals surface area contributed by atoms with Crippen molar-refractivity contribution in [2.24, 2.45) is 5.92 Å². The average molecular weight is 171 g/mol. The molecule has 3 atom stereocenters. The Labute approximate surface area is 75.7 Å². The summed E-state index contributed by atoms with van der Waals surface area (Å²) in [5, 5.41) is 3.28. The molecule has 1 fully saturated rings. The molecule has 0 radical (unpaired) electrons. The molecule has 0 aromatic carbocycles. The zero-order valence-corrected chi connectivity index (χ0v) is 8.47. The van der Waals surface area contributed by atoms with Crippen LogP contribution in [-0.4, -0.2) is 25.8 Å². The highest BCUT2D eigenvalue weighted by Crippen LogP contribution is 2.21. The Balaban J connectivity index is 2.19. The van der Waals surface area contributed by atoms with Gasteiger partial charge in [0.1, 0.15) is 0 Å². The third kappa shape index (κ3) is 2.76. The maximum atomic E-state index is 5.59. The van der Waals surface area contributed by atoms with Crippen molar-refractivity contribution >= 4 is 0 Å². The van der Waals surface area contributed by atoms with E-state index < -0.39 is 0 Å². The van der Waals surface area contributed by atoms with Gasteiger partial charge < -0.3 is 10.1 Å². The Bertz CT molecular complexity index is 121. The summed E-state index contributed by atoms with van der Waals surface area (Å²) < 4.78 is 5.59. The summed E-state index contributed by atoms with van der Waals surface area (Å²) in [7, 11) is 2.02. The molecule has 1 N–H and O–H groups in total. The molecule has 0 bridgehead atoms. The van der Waals surface area contributed by atoms with Crippen LogP contribution in [0.3, 0.4) is 0 Å². The van der Waals surface area contributed by atoms with E-state index in [4.69, 9.17) is 4.74 Å². The molecule has 1 aliphatic rings. The number of hydrogen-bond donors (Lipinski definition) is 1. The largest absolute Gasteiger partial charge is 0.378 e. The van der Waals surface area contributed by atoms with Gasteiger partial charge in [0.05, 0.1) is 6.10 Å². The first kappa shape index (κ1) is 10.0. The zero-order valence-electron chi connectivity index (χ0n) is 8.47. The fraction of sp³-hybridized carbons (Fsp3) is 1.00. The molecule has 0 aliphatic carbocycles. The van der Waals surface area contributed by atoms with E-state index in [1.165, 1.54) is 19.3 Å². The lowest BCUT2D eigenvalue weighted by Crippen LogP contribution is -2.30. The fourth-order valence-corrected chi connectivity index (χ4v) is 1.73. The van der Waals surface area contributed by atoms with Crippen LogP contribution < -0.4 is 5.32 Å². The van der Waals surface area contributed by atoms with Crippen molar-refractivity contribution in [1.82, 2.24) is 5.32 Å². The molecule has 1 heterocycles. The van der Waals surface area contributed by atoms with Crippen LogP contribution in [0.4, 0.5) is 0 Å². The van der Waals surface area contributed by atoms with Gasteiger partial charge >= 0.3 is 0 Å². The van der Waals surface area contributed by atoms with Crippen molar-refractivity contribution in [2.45, 2.75) is 45.3 Å². The summed E-state index contributed by atoms with van der Waals surface area (Å²) in [4.78, 5) is 0. The Kier molecular flexibility index (Phi) is 4.02. The zero-order chi connectivity index (χ0) is 8.97. The SMILES string of the molecule is CNC(C)C(C)CC1CCCO1. The molecule has 0 saturated carbocycles. The van der Waals surface area contributed by atoms with Crippen molar-refractivity contribution in [3.8, 4) is 0 Å². The second-order valence-corrected chi connectivity index (χ2v) is 3.93. The molecule has 0 aromatic heterocycles. The normalized spacial score (nSPS) is 28.8. The standard InChI is InChI=1S/C10H21NO/c1-8(9(2)11-3)7-10-5-4-6-12-10/h8-11H,4-7H2,1-3H3. The first-order valence-corrected chi connectivity index (χ1v) is 5.03. The van der Waals surface area contributed by atoms with Crippen LogP contribution in [0.15, 0.2) is 0 Å². The first-order valence-electron chi connectivity index (χ1n) is 5.03. The molecule has 1 rings (SSSR count). The molecule has 0 aromatic rings. The quantitative estimate of drug-likeness (QED) is 0.696. The van der Waals surface area contributed by atoms with E-state index in [1.807, 2.05) is 7.05 Å². The van der Waals surface area contributed by atoms with Crippen LogP contribution in [0.5, 0.6) is 0 Å². The van der Waals surface area contributed by atoms with Gasteiger partial charge in [0.2, 0.25) is 0 Å². The van der Waals surface area contributed by atoms with Crippen molar-refractivity contribution in [2.75, 3.05) is 13.7 Å². The van der Waals surface area contributed by atoms with Crippen LogP contribution in [0.25, 0.3) is 0 Å². The van der Waals surface area contributed by atoms with E-state index in [9.17, 15) is 0 Å². The van der Waals surface area contributed by atoms with E-state index in [1.54, 1.807) is 0 Å². The maximum absolute atomic E-state index is 5.59. The fourth-order valence-electron chi connectivity index (χ4n) is 1.73.